The summed E-state index contributed by atoms with van der Waals surface area (Å²) in [6, 6.07) is 8.64. The van der Waals surface area contributed by atoms with E-state index in [4.69, 9.17) is 16.9 Å². The lowest BCUT2D eigenvalue weighted by Crippen LogP contribution is -2.37. The van der Waals surface area contributed by atoms with Crippen LogP contribution in [0.1, 0.15) is 17.5 Å². The molecule has 0 aliphatic carbocycles. The zero-order valence-electron chi connectivity index (χ0n) is 13.2. The van der Waals surface area contributed by atoms with Crippen LogP contribution in [0.15, 0.2) is 30.3 Å². The summed E-state index contributed by atoms with van der Waals surface area (Å²) in [4.78, 5) is 13.9. The number of nitrogens with zero attached hydrogens (tertiary/aromatic N) is 2. The topological polar surface area (TPSA) is 56.1 Å². The van der Waals surface area contributed by atoms with Gasteiger partial charge in [-0.2, -0.15) is 5.26 Å². The number of benzene rings is 2. The van der Waals surface area contributed by atoms with Gasteiger partial charge in [0.05, 0.1) is 23.5 Å². The van der Waals surface area contributed by atoms with Crippen molar-refractivity contribution in [1.29, 1.82) is 5.26 Å². The molecule has 0 unspecified atom stereocenters. The lowest BCUT2D eigenvalue weighted by atomic mass is 10.0. The van der Waals surface area contributed by atoms with Crippen molar-refractivity contribution in [3.8, 4) is 6.07 Å². The minimum atomic E-state index is -0.678. The van der Waals surface area contributed by atoms with Crippen LogP contribution in [0.2, 0.25) is 5.02 Å². The van der Waals surface area contributed by atoms with Gasteiger partial charge >= 0.3 is 0 Å². The average molecular weight is 362 g/mol. The molecule has 1 N–H and O–H groups in total. The molecule has 0 fully saturated rings. The van der Waals surface area contributed by atoms with Crippen molar-refractivity contribution >= 4 is 28.9 Å². The largest absolute Gasteiger partial charge is 0.360 e. The summed E-state index contributed by atoms with van der Waals surface area (Å²) in [6.45, 7) is 0.385. The number of hydrogen-bond acceptors (Lipinski definition) is 3. The molecule has 0 atom stereocenters. The van der Waals surface area contributed by atoms with Gasteiger partial charge in [0.25, 0.3) is 0 Å². The number of fused-ring (bicyclic) bond motifs is 1. The highest BCUT2D eigenvalue weighted by Gasteiger charge is 2.24. The van der Waals surface area contributed by atoms with E-state index in [1.165, 1.54) is 18.2 Å². The molecule has 2 aromatic carbocycles. The number of carbonyl (C=O) groups excluding carboxylic acids is 1. The van der Waals surface area contributed by atoms with Gasteiger partial charge in [0.1, 0.15) is 17.7 Å². The zero-order valence-corrected chi connectivity index (χ0v) is 13.9. The number of halogens is 3. The van der Waals surface area contributed by atoms with Gasteiger partial charge in [-0.3, -0.25) is 4.79 Å². The van der Waals surface area contributed by atoms with E-state index in [2.05, 4.69) is 5.32 Å². The van der Waals surface area contributed by atoms with Crippen molar-refractivity contribution < 1.29 is 13.6 Å². The van der Waals surface area contributed by atoms with Crippen LogP contribution in [0.4, 0.5) is 20.2 Å². The summed E-state index contributed by atoms with van der Waals surface area (Å²) in [5.74, 6) is -1.71. The van der Waals surface area contributed by atoms with Gasteiger partial charge in [-0.05, 0) is 42.7 Å². The number of nitriles is 1. The van der Waals surface area contributed by atoms with Crippen LogP contribution in [0.25, 0.3) is 0 Å². The van der Waals surface area contributed by atoms with Crippen LogP contribution >= 0.6 is 11.6 Å². The molecule has 0 saturated heterocycles. The minimum absolute atomic E-state index is 0.104. The molecule has 3 rings (SSSR count). The summed E-state index contributed by atoms with van der Waals surface area (Å²) in [5.41, 5.74) is 1.40. The Morgan fingerprint density at radius 3 is 2.88 bits per heavy atom. The smallest absolute Gasteiger partial charge is 0.243 e. The van der Waals surface area contributed by atoms with Crippen LogP contribution in [-0.4, -0.2) is 19.0 Å². The molecule has 0 aromatic heterocycles. The van der Waals surface area contributed by atoms with Crippen LogP contribution in [0, 0.1) is 23.0 Å². The van der Waals surface area contributed by atoms with E-state index >= 15 is 0 Å². The maximum atomic E-state index is 14.2. The van der Waals surface area contributed by atoms with E-state index in [9.17, 15) is 13.6 Å². The summed E-state index contributed by atoms with van der Waals surface area (Å²) in [6.07, 6.45) is 1.26. The van der Waals surface area contributed by atoms with Gasteiger partial charge in [-0.25, -0.2) is 8.78 Å². The molecule has 1 aliphatic rings. The Labute approximate surface area is 148 Å². The monoisotopic (exact) mass is 361 g/mol. The Hall–Kier alpha value is -2.65. The van der Waals surface area contributed by atoms with Crippen molar-refractivity contribution in [1.82, 2.24) is 0 Å². The quantitative estimate of drug-likeness (QED) is 0.902. The molecule has 1 amide bonds. The second kappa shape index (κ2) is 7.08. The van der Waals surface area contributed by atoms with E-state index < -0.39 is 17.5 Å². The molecule has 7 heteroatoms. The highest BCUT2D eigenvalue weighted by molar-refractivity contribution is 6.31. The van der Waals surface area contributed by atoms with Crippen molar-refractivity contribution in [3.05, 3.63) is 58.1 Å². The Balaban J connectivity index is 1.80. The van der Waals surface area contributed by atoms with Gasteiger partial charge in [-0.1, -0.05) is 11.6 Å². The lowest BCUT2D eigenvalue weighted by Gasteiger charge is -2.31. The third-order valence-electron chi connectivity index (χ3n) is 4.01. The van der Waals surface area contributed by atoms with Gasteiger partial charge < -0.3 is 10.2 Å². The highest BCUT2D eigenvalue weighted by Crippen LogP contribution is 2.31. The first-order valence-corrected chi connectivity index (χ1v) is 8.08. The third kappa shape index (κ3) is 3.72. The van der Waals surface area contributed by atoms with E-state index in [1.807, 2.05) is 6.07 Å². The lowest BCUT2D eigenvalue weighted by molar-refractivity contribution is -0.115. The predicted octanol–water partition coefficient (Wildman–Crippen LogP) is 3.88. The molecule has 2 aromatic rings. The average Bonchev–Trinajstić information content (AvgIpc) is 2.54. The molecule has 0 bridgehead atoms. The van der Waals surface area contributed by atoms with Crippen LogP contribution in [-0.2, 0) is 11.2 Å². The van der Waals surface area contributed by atoms with Crippen LogP contribution in [0.5, 0.6) is 0 Å². The fraction of sp³-hybridized carbons (Fsp3) is 0.222. The van der Waals surface area contributed by atoms with Crippen LogP contribution < -0.4 is 10.2 Å². The Kier molecular flexibility index (Phi) is 4.86. The second-order valence-electron chi connectivity index (χ2n) is 5.77. The van der Waals surface area contributed by atoms with E-state index in [1.54, 1.807) is 11.0 Å². The van der Waals surface area contributed by atoms with Crippen molar-refractivity contribution in [3.63, 3.8) is 0 Å². The third-order valence-corrected chi connectivity index (χ3v) is 4.24. The molecule has 128 valence electrons. The number of nitrogens with one attached hydrogen (secondary N) is 1. The summed E-state index contributed by atoms with van der Waals surface area (Å²) in [5, 5.41) is 12.1. The summed E-state index contributed by atoms with van der Waals surface area (Å²) < 4.78 is 27.5. The van der Waals surface area contributed by atoms with Gasteiger partial charge in [0.15, 0.2) is 0 Å². The van der Waals surface area contributed by atoms with Crippen LogP contribution in [0.3, 0.4) is 0 Å². The summed E-state index contributed by atoms with van der Waals surface area (Å²) in [7, 11) is 0. The first kappa shape index (κ1) is 17.2. The fourth-order valence-electron chi connectivity index (χ4n) is 2.97. The molecular formula is C18H14ClF2N3O. The SMILES string of the molecule is N#Cc1ccc(Cl)cc1NC(=O)CN1CCCc2cc(F)cc(F)c21. The number of rotatable bonds is 3. The Morgan fingerprint density at radius 2 is 2.12 bits per heavy atom. The Morgan fingerprint density at radius 1 is 1.32 bits per heavy atom. The normalized spacial score (nSPS) is 13.1. The molecular weight excluding hydrogens is 348 g/mol. The first-order chi connectivity index (χ1) is 12.0. The number of aryl methyl sites for hydroxylation is 1. The van der Waals surface area contributed by atoms with Gasteiger partial charge in [-0.15, -0.1) is 0 Å². The zero-order chi connectivity index (χ0) is 18.0. The highest BCUT2D eigenvalue weighted by atomic mass is 35.5. The van der Waals surface area contributed by atoms with Gasteiger partial charge in [0, 0.05) is 17.6 Å². The van der Waals surface area contributed by atoms with E-state index in [0.29, 0.717) is 35.7 Å². The van der Waals surface area contributed by atoms with E-state index in [0.717, 1.165) is 6.07 Å². The molecule has 25 heavy (non-hydrogen) atoms. The summed E-state index contributed by atoms with van der Waals surface area (Å²) >= 11 is 5.90. The van der Waals surface area contributed by atoms with Crippen molar-refractivity contribution in [2.75, 3.05) is 23.3 Å². The maximum Gasteiger partial charge on any atom is 0.243 e. The number of anilines is 2. The molecule has 1 heterocycles. The number of carbonyl (C=O) groups is 1. The standard InChI is InChI=1S/C18H14ClF2N3O/c19-13-4-3-12(9-22)16(7-13)23-17(25)10-24-5-1-2-11-6-14(20)8-15(21)18(11)24/h3-4,6-8H,1-2,5,10H2,(H,23,25). The second-order valence-corrected chi connectivity index (χ2v) is 6.21. The van der Waals surface area contributed by atoms with Crippen molar-refractivity contribution in [2.45, 2.75) is 12.8 Å². The first-order valence-electron chi connectivity index (χ1n) is 7.70. The van der Waals surface area contributed by atoms with Crippen molar-refractivity contribution in [2.24, 2.45) is 0 Å². The maximum absolute atomic E-state index is 14.2. The minimum Gasteiger partial charge on any atom is -0.360 e. The molecule has 0 radical (unpaired) electrons. The van der Waals surface area contributed by atoms with Gasteiger partial charge in [0.2, 0.25) is 5.91 Å². The van der Waals surface area contributed by atoms with E-state index in [-0.39, 0.29) is 17.8 Å². The molecule has 0 saturated carbocycles. The predicted molar refractivity (Wildman–Crippen MR) is 91.7 cm³/mol. The number of hydrogen-bond donors (Lipinski definition) is 1. The Bertz CT molecular complexity index is 879. The fourth-order valence-corrected chi connectivity index (χ4v) is 3.15. The number of amides is 1. The molecule has 0 spiro atoms. The molecule has 1 aliphatic heterocycles. The molecule has 4 nitrogen and oxygen atoms in total.